The molecule has 2 N–H and O–H groups in total. The van der Waals surface area contributed by atoms with Crippen LogP contribution in [0.25, 0.3) is 0 Å². The topological polar surface area (TPSA) is 41.1 Å². The monoisotopic (exact) mass is 298 g/mol. The van der Waals surface area contributed by atoms with Crippen molar-refractivity contribution in [1.29, 1.82) is 0 Å². The van der Waals surface area contributed by atoms with Crippen LogP contribution in [0, 0.1) is 6.92 Å². The van der Waals surface area contributed by atoms with E-state index in [-0.39, 0.29) is 5.91 Å². The number of amides is 1. The number of aryl methyl sites for hydroxylation is 1. The summed E-state index contributed by atoms with van der Waals surface area (Å²) in [5, 5.41) is 6.85. The minimum atomic E-state index is -0.0106. The Morgan fingerprint density at radius 3 is 2.89 bits per heavy atom. The molecule has 0 saturated carbocycles. The summed E-state index contributed by atoms with van der Waals surface area (Å²) in [7, 11) is 0. The summed E-state index contributed by atoms with van der Waals surface area (Å²) in [4.78, 5) is 11.9. The first-order valence-corrected chi connectivity index (χ1v) is 8.05. The number of thioether (sulfide) groups is 1. The second-order valence-electron chi connectivity index (χ2n) is 4.77. The van der Waals surface area contributed by atoms with Crippen molar-refractivity contribution in [2.45, 2.75) is 25.8 Å². The normalized spacial score (nSPS) is 16.3. The van der Waals surface area contributed by atoms with Gasteiger partial charge in [-0.15, -0.1) is 0 Å². The van der Waals surface area contributed by atoms with Gasteiger partial charge in [-0.1, -0.05) is 17.7 Å². The van der Waals surface area contributed by atoms with Crippen LogP contribution in [0.4, 0.5) is 5.69 Å². The summed E-state index contributed by atoms with van der Waals surface area (Å²) in [5.74, 6) is 2.36. The van der Waals surface area contributed by atoms with Gasteiger partial charge in [0.1, 0.15) is 0 Å². The van der Waals surface area contributed by atoms with Crippen molar-refractivity contribution in [2.24, 2.45) is 0 Å². The molecule has 0 aliphatic carbocycles. The van der Waals surface area contributed by atoms with Crippen LogP contribution in [-0.2, 0) is 4.79 Å². The summed E-state index contributed by atoms with van der Waals surface area (Å²) in [6.45, 7) is 2.32. The second-order valence-corrected chi connectivity index (χ2v) is 6.44. The number of carbonyl (C=O) groups is 1. The molecule has 0 unspecified atom stereocenters. The van der Waals surface area contributed by atoms with Gasteiger partial charge in [-0.3, -0.25) is 4.79 Å². The third kappa shape index (κ3) is 4.71. The Balaban J connectivity index is 1.81. The molecule has 0 atom stereocenters. The lowest BCUT2D eigenvalue weighted by Gasteiger charge is -2.22. The van der Waals surface area contributed by atoms with Crippen LogP contribution in [0.2, 0.25) is 5.02 Å². The van der Waals surface area contributed by atoms with E-state index in [1.165, 1.54) is 11.5 Å². The Kier molecular flexibility index (Phi) is 5.55. The number of benzene rings is 1. The molecule has 1 aliphatic rings. The van der Waals surface area contributed by atoms with E-state index < -0.39 is 0 Å². The van der Waals surface area contributed by atoms with Crippen LogP contribution in [0.15, 0.2) is 18.2 Å². The second kappa shape index (κ2) is 7.17. The van der Waals surface area contributed by atoms with Crippen LogP contribution in [0.5, 0.6) is 0 Å². The summed E-state index contributed by atoms with van der Waals surface area (Å²) in [6, 6.07) is 5.99. The third-order valence-electron chi connectivity index (χ3n) is 3.25. The highest BCUT2D eigenvalue weighted by molar-refractivity contribution is 7.99. The maximum atomic E-state index is 11.9. The third-order valence-corrected chi connectivity index (χ3v) is 4.53. The molecule has 19 heavy (non-hydrogen) atoms. The van der Waals surface area contributed by atoms with Gasteiger partial charge in [0.25, 0.3) is 0 Å². The fourth-order valence-corrected chi connectivity index (χ4v) is 3.34. The van der Waals surface area contributed by atoms with E-state index in [1.54, 1.807) is 6.07 Å². The highest BCUT2D eigenvalue weighted by Crippen LogP contribution is 2.20. The molecule has 0 radical (unpaired) electrons. The highest BCUT2D eigenvalue weighted by Gasteiger charge is 2.14. The van der Waals surface area contributed by atoms with Gasteiger partial charge in [0, 0.05) is 16.8 Å². The molecule has 1 amide bonds. The lowest BCUT2D eigenvalue weighted by Crippen LogP contribution is -2.38. The predicted octanol–water partition coefficient (Wildman–Crippen LogP) is 3.07. The van der Waals surface area contributed by atoms with E-state index in [9.17, 15) is 4.79 Å². The van der Waals surface area contributed by atoms with Gasteiger partial charge < -0.3 is 10.6 Å². The number of halogens is 1. The number of rotatable bonds is 4. The van der Waals surface area contributed by atoms with Crippen LogP contribution < -0.4 is 10.6 Å². The zero-order valence-electron chi connectivity index (χ0n) is 11.0. The van der Waals surface area contributed by atoms with Crippen LogP contribution >= 0.6 is 23.4 Å². The fourth-order valence-electron chi connectivity index (χ4n) is 2.06. The Morgan fingerprint density at radius 1 is 1.42 bits per heavy atom. The lowest BCUT2D eigenvalue weighted by molar-refractivity contribution is -0.115. The first-order chi connectivity index (χ1) is 9.15. The van der Waals surface area contributed by atoms with Crippen molar-refractivity contribution >= 4 is 35.0 Å². The number of hydrogen-bond acceptors (Lipinski definition) is 3. The van der Waals surface area contributed by atoms with Crippen molar-refractivity contribution in [3.05, 3.63) is 28.8 Å². The minimum Gasteiger partial charge on any atom is -0.325 e. The Morgan fingerprint density at radius 2 is 2.16 bits per heavy atom. The Hall–Kier alpha value is -0.710. The highest BCUT2D eigenvalue weighted by atomic mass is 35.5. The molecule has 104 valence electrons. The largest absolute Gasteiger partial charge is 0.325 e. The summed E-state index contributed by atoms with van der Waals surface area (Å²) in [5.41, 5.74) is 1.81. The van der Waals surface area contributed by atoms with Crippen molar-refractivity contribution in [2.75, 3.05) is 23.4 Å². The van der Waals surface area contributed by atoms with Crippen molar-refractivity contribution in [3.8, 4) is 0 Å². The predicted molar refractivity (Wildman–Crippen MR) is 83.2 cm³/mol. The first kappa shape index (κ1) is 14.7. The van der Waals surface area contributed by atoms with Gasteiger partial charge in [0.15, 0.2) is 0 Å². The number of carbonyl (C=O) groups excluding carboxylic acids is 1. The van der Waals surface area contributed by atoms with E-state index in [0.29, 0.717) is 17.6 Å². The molecule has 1 heterocycles. The van der Waals surface area contributed by atoms with Gasteiger partial charge in [0.05, 0.1) is 6.54 Å². The molecule has 1 fully saturated rings. The zero-order chi connectivity index (χ0) is 13.7. The average molecular weight is 299 g/mol. The van der Waals surface area contributed by atoms with E-state index in [4.69, 9.17) is 11.6 Å². The average Bonchev–Trinajstić information content (AvgIpc) is 2.42. The maximum absolute atomic E-state index is 11.9. The van der Waals surface area contributed by atoms with E-state index >= 15 is 0 Å². The fraction of sp³-hybridized carbons (Fsp3) is 0.500. The van der Waals surface area contributed by atoms with Gasteiger partial charge in [-0.25, -0.2) is 0 Å². The summed E-state index contributed by atoms with van der Waals surface area (Å²) >= 11 is 7.91. The van der Waals surface area contributed by atoms with Gasteiger partial charge in [-0.05, 0) is 49.0 Å². The molecule has 3 nitrogen and oxygen atoms in total. The standard InChI is InChI=1S/C14H19ClN2OS/c1-10-2-3-11(15)8-13(10)17-14(18)9-16-12-4-6-19-7-5-12/h2-3,8,12,16H,4-7,9H2,1H3,(H,17,18). The van der Waals surface area contributed by atoms with Gasteiger partial charge in [-0.2, -0.15) is 11.8 Å². The number of hydrogen-bond donors (Lipinski definition) is 2. The quantitative estimate of drug-likeness (QED) is 0.897. The van der Waals surface area contributed by atoms with Crippen LogP contribution in [-0.4, -0.2) is 30.0 Å². The molecule has 1 aromatic rings. The van der Waals surface area contributed by atoms with Crippen molar-refractivity contribution in [3.63, 3.8) is 0 Å². The molecule has 5 heteroatoms. The number of anilines is 1. The summed E-state index contributed by atoms with van der Waals surface area (Å²) in [6.07, 6.45) is 2.29. The molecule has 1 aromatic carbocycles. The smallest absolute Gasteiger partial charge is 0.238 e. The molecule has 0 bridgehead atoms. The molecular formula is C14H19ClN2OS. The van der Waals surface area contributed by atoms with E-state index in [2.05, 4.69) is 10.6 Å². The molecule has 0 aromatic heterocycles. The lowest BCUT2D eigenvalue weighted by atomic mass is 10.1. The van der Waals surface area contributed by atoms with Crippen LogP contribution in [0.1, 0.15) is 18.4 Å². The van der Waals surface area contributed by atoms with E-state index in [0.717, 1.165) is 24.1 Å². The minimum absolute atomic E-state index is 0.0106. The van der Waals surface area contributed by atoms with Crippen molar-refractivity contribution in [1.82, 2.24) is 5.32 Å². The number of nitrogens with one attached hydrogen (secondary N) is 2. The molecule has 0 spiro atoms. The molecular weight excluding hydrogens is 280 g/mol. The van der Waals surface area contributed by atoms with Crippen LogP contribution in [0.3, 0.4) is 0 Å². The van der Waals surface area contributed by atoms with Crippen molar-refractivity contribution < 1.29 is 4.79 Å². The SMILES string of the molecule is Cc1ccc(Cl)cc1NC(=O)CNC1CCSCC1. The first-order valence-electron chi connectivity index (χ1n) is 6.52. The zero-order valence-corrected chi connectivity index (χ0v) is 12.6. The Bertz CT molecular complexity index is 447. The van der Waals surface area contributed by atoms with Gasteiger partial charge in [0.2, 0.25) is 5.91 Å². The molecule has 1 aliphatic heterocycles. The van der Waals surface area contributed by atoms with E-state index in [1.807, 2.05) is 30.8 Å². The Labute approximate surface area is 123 Å². The van der Waals surface area contributed by atoms with Gasteiger partial charge >= 0.3 is 0 Å². The molecule has 1 saturated heterocycles. The summed E-state index contributed by atoms with van der Waals surface area (Å²) < 4.78 is 0. The molecule has 2 rings (SSSR count). The maximum Gasteiger partial charge on any atom is 0.238 e.